The summed E-state index contributed by atoms with van der Waals surface area (Å²) in [5.41, 5.74) is 0.745. The second kappa shape index (κ2) is 14.5. The molecule has 1 fully saturated rings. The van der Waals surface area contributed by atoms with Crippen molar-refractivity contribution in [3.63, 3.8) is 0 Å². The van der Waals surface area contributed by atoms with Gasteiger partial charge in [-0.25, -0.2) is 4.39 Å². The van der Waals surface area contributed by atoms with Gasteiger partial charge in [-0.15, -0.1) is 24.0 Å². The van der Waals surface area contributed by atoms with Crippen molar-refractivity contribution in [1.29, 1.82) is 0 Å². The molecule has 0 atom stereocenters. The highest BCUT2D eigenvalue weighted by molar-refractivity contribution is 14.0. The first-order chi connectivity index (χ1) is 13.1. The summed E-state index contributed by atoms with van der Waals surface area (Å²) in [4.78, 5) is 7.11. The van der Waals surface area contributed by atoms with Crippen molar-refractivity contribution in [2.24, 2.45) is 4.99 Å². The highest BCUT2D eigenvalue weighted by Gasteiger charge is 2.19. The number of nitrogens with zero attached hydrogens (tertiary/aromatic N) is 2. The molecule has 1 saturated heterocycles. The van der Waals surface area contributed by atoms with E-state index in [2.05, 4.69) is 43.4 Å². The lowest BCUT2D eigenvalue weighted by Gasteiger charge is -2.32. The molecular weight excluding hydrogens is 538 g/mol. The molecule has 0 saturated carbocycles. The number of halogens is 3. The summed E-state index contributed by atoms with van der Waals surface area (Å²) in [7, 11) is 1.75. The summed E-state index contributed by atoms with van der Waals surface area (Å²) in [5, 5.41) is 6.87. The molecule has 0 aromatic heterocycles. The molecule has 0 spiro atoms. The summed E-state index contributed by atoms with van der Waals surface area (Å²) in [5.74, 6) is 0.711. The van der Waals surface area contributed by atoms with E-state index >= 15 is 0 Å². The average molecular weight is 571 g/mol. The van der Waals surface area contributed by atoms with E-state index in [9.17, 15) is 4.39 Å². The minimum absolute atomic E-state index is 0. The number of ether oxygens (including phenoxy) is 1. The Labute approximate surface area is 194 Å². The Kier molecular flexibility index (Phi) is 13.3. The Balaban J connectivity index is 0.00000392. The molecule has 1 aliphatic heterocycles. The van der Waals surface area contributed by atoms with Gasteiger partial charge in [0.1, 0.15) is 5.82 Å². The van der Waals surface area contributed by atoms with Gasteiger partial charge in [0.05, 0.1) is 6.61 Å². The van der Waals surface area contributed by atoms with Crippen LogP contribution in [0.1, 0.15) is 31.7 Å². The van der Waals surface area contributed by atoms with E-state index in [0.717, 1.165) is 68.0 Å². The fourth-order valence-electron chi connectivity index (χ4n) is 3.22. The van der Waals surface area contributed by atoms with E-state index in [1.54, 1.807) is 7.11 Å². The Morgan fingerprint density at radius 1 is 1.36 bits per heavy atom. The van der Waals surface area contributed by atoms with E-state index in [4.69, 9.17) is 4.74 Å². The monoisotopic (exact) mass is 570 g/mol. The fourth-order valence-corrected chi connectivity index (χ4v) is 3.55. The number of piperidine rings is 1. The number of hydrogen-bond acceptors (Lipinski definition) is 3. The van der Waals surface area contributed by atoms with Crippen molar-refractivity contribution in [3.05, 3.63) is 34.1 Å². The Morgan fingerprint density at radius 3 is 2.75 bits per heavy atom. The number of rotatable bonds is 9. The van der Waals surface area contributed by atoms with Crippen molar-refractivity contribution in [3.8, 4) is 0 Å². The molecule has 2 rings (SSSR count). The minimum atomic E-state index is -0.154. The van der Waals surface area contributed by atoms with Gasteiger partial charge in [0, 0.05) is 50.3 Å². The fraction of sp³-hybridized carbons (Fsp3) is 0.650. The van der Waals surface area contributed by atoms with Crippen molar-refractivity contribution in [2.45, 2.75) is 38.6 Å². The van der Waals surface area contributed by atoms with Gasteiger partial charge in [-0.3, -0.25) is 4.99 Å². The van der Waals surface area contributed by atoms with Gasteiger partial charge < -0.3 is 20.3 Å². The smallest absolute Gasteiger partial charge is 0.191 e. The summed E-state index contributed by atoms with van der Waals surface area (Å²) in [6, 6.07) is 5.69. The second-order valence-electron chi connectivity index (χ2n) is 6.85. The number of methoxy groups -OCH3 is 1. The van der Waals surface area contributed by atoms with Crippen LogP contribution in [0.3, 0.4) is 0 Å². The number of benzene rings is 1. The average Bonchev–Trinajstić information content (AvgIpc) is 2.66. The van der Waals surface area contributed by atoms with Crippen LogP contribution < -0.4 is 10.6 Å². The standard InChI is InChI=1S/C20H32BrFN4O.HI/c1-3-23-20(25-18-8-11-26(12-9-18)13-14-27-2)24-10-4-5-16-6-7-17(21)15-19(16)22;/h6-7,15,18H,3-5,8-14H2,1-2H3,(H2,23,24,25);1H. The van der Waals surface area contributed by atoms with Crippen molar-refractivity contribution >= 4 is 45.9 Å². The predicted molar refractivity (Wildman–Crippen MR) is 128 cm³/mol. The normalized spacial score (nSPS) is 15.9. The zero-order valence-electron chi connectivity index (χ0n) is 16.8. The maximum absolute atomic E-state index is 13.9. The molecule has 0 radical (unpaired) electrons. The number of likely N-dealkylation sites (tertiary alicyclic amines) is 1. The molecule has 8 heteroatoms. The van der Waals surface area contributed by atoms with Crippen LogP contribution >= 0.6 is 39.9 Å². The first-order valence-electron chi connectivity index (χ1n) is 9.82. The van der Waals surface area contributed by atoms with Crippen LogP contribution in [0.25, 0.3) is 0 Å². The number of hydrogen-bond donors (Lipinski definition) is 2. The van der Waals surface area contributed by atoms with Crippen LogP contribution in [0.2, 0.25) is 0 Å². The zero-order valence-corrected chi connectivity index (χ0v) is 20.8. The van der Waals surface area contributed by atoms with Crippen molar-refractivity contribution in [2.75, 3.05) is 46.4 Å². The minimum Gasteiger partial charge on any atom is -0.383 e. The SMILES string of the molecule is CCNC(=NCCCc1ccc(Br)cc1F)NC1CCN(CCOC)CC1.I. The first-order valence-corrected chi connectivity index (χ1v) is 10.6. The van der Waals surface area contributed by atoms with E-state index in [1.807, 2.05) is 12.1 Å². The van der Waals surface area contributed by atoms with Gasteiger partial charge in [-0.2, -0.15) is 0 Å². The largest absolute Gasteiger partial charge is 0.383 e. The molecule has 1 aromatic rings. The maximum Gasteiger partial charge on any atom is 0.191 e. The third-order valence-electron chi connectivity index (χ3n) is 4.77. The van der Waals surface area contributed by atoms with E-state index in [0.29, 0.717) is 19.0 Å². The summed E-state index contributed by atoms with van der Waals surface area (Å²) >= 11 is 3.29. The third-order valence-corrected chi connectivity index (χ3v) is 5.27. The summed E-state index contributed by atoms with van der Waals surface area (Å²) in [6.07, 6.45) is 3.74. The molecule has 28 heavy (non-hydrogen) atoms. The molecule has 5 nitrogen and oxygen atoms in total. The van der Waals surface area contributed by atoms with Crippen LogP contribution in [0.15, 0.2) is 27.7 Å². The number of nitrogens with one attached hydrogen (secondary N) is 2. The number of aliphatic imine (C=N–C) groups is 1. The molecule has 160 valence electrons. The molecule has 1 aliphatic rings. The molecule has 0 amide bonds. The molecule has 2 N–H and O–H groups in total. The lowest BCUT2D eigenvalue weighted by Crippen LogP contribution is -2.49. The molecule has 0 aliphatic carbocycles. The van der Waals surface area contributed by atoms with Crippen LogP contribution in [-0.4, -0.2) is 63.3 Å². The lowest BCUT2D eigenvalue weighted by atomic mass is 10.1. The molecule has 1 aromatic carbocycles. The van der Waals surface area contributed by atoms with Crippen LogP contribution in [-0.2, 0) is 11.2 Å². The van der Waals surface area contributed by atoms with Crippen LogP contribution in [0.5, 0.6) is 0 Å². The quantitative estimate of drug-likeness (QED) is 0.205. The summed E-state index contributed by atoms with van der Waals surface area (Å²) in [6.45, 7) is 7.55. The van der Waals surface area contributed by atoms with Gasteiger partial charge in [-0.05, 0) is 50.3 Å². The predicted octanol–water partition coefficient (Wildman–Crippen LogP) is 3.80. The van der Waals surface area contributed by atoms with Crippen molar-refractivity contribution in [1.82, 2.24) is 15.5 Å². The summed E-state index contributed by atoms with van der Waals surface area (Å²) < 4.78 is 19.8. The molecule has 0 bridgehead atoms. The van der Waals surface area contributed by atoms with Gasteiger partial charge in [0.15, 0.2) is 5.96 Å². The van der Waals surface area contributed by atoms with Crippen LogP contribution in [0.4, 0.5) is 4.39 Å². The highest BCUT2D eigenvalue weighted by Crippen LogP contribution is 2.16. The van der Waals surface area contributed by atoms with Gasteiger partial charge in [0.25, 0.3) is 0 Å². The van der Waals surface area contributed by atoms with E-state index < -0.39 is 0 Å². The van der Waals surface area contributed by atoms with Gasteiger partial charge in [-0.1, -0.05) is 22.0 Å². The highest BCUT2D eigenvalue weighted by atomic mass is 127. The van der Waals surface area contributed by atoms with E-state index in [-0.39, 0.29) is 29.8 Å². The Morgan fingerprint density at radius 2 is 2.11 bits per heavy atom. The lowest BCUT2D eigenvalue weighted by molar-refractivity contribution is 0.128. The van der Waals surface area contributed by atoms with Gasteiger partial charge in [0.2, 0.25) is 0 Å². The number of aryl methyl sites for hydroxylation is 1. The Bertz CT molecular complexity index is 598. The topological polar surface area (TPSA) is 48.9 Å². The number of guanidine groups is 1. The third kappa shape index (κ3) is 9.37. The first kappa shape index (κ1) is 25.6. The van der Waals surface area contributed by atoms with Crippen LogP contribution in [0, 0.1) is 5.82 Å². The maximum atomic E-state index is 13.9. The molecular formula is C20H33BrFIN4O. The second-order valence-corrected chi connectivity index (χ2v) is 7.77. The Hall–Kier alpha value is -0.450. The van der Waals surface area contributed by atoms with Crippen molar-refractivity contribution < 1.29 is 9.13 Å². The van der Waals surface area contributed by atoms with E-state index in [1.165, 1.54) is 6.07 Å². The molecule has 0 unspecified atom stereocenters. The zero-order chi connectivity index (χ0) is 19.5. The van der Waals surface area contributed by atoms with Gasteiger partial charge >= 0.3 is 0 Å². The molecule has 1 heterocycles.